The number of methoxy groups -OCH3 is 1. The highest BCUT2D eigenvalue weighted by Crippen LogP contribution is 2.32. The molecule has 0 aliphatic rings. The summed E-state index contributed by atoms with van der Waals surface area (Å²) in [5, 5.41) is 12.0. The normalized spacial score (nSPS) is 11.2. The molecule has 168 valence electrons. The van der Waals surface area contributed by atoms with Crippen LogP contribution in [0.5, 0.6) is 5.75 Å². The number of benzene rings is 2. The lowest BCUT2D eigenvalue weighted by atomic mass is 10.1. The Bertz CT molecular complexity index is 1320. The van der Waals surface area contributed by atoms with E-state index in [2.05, 4.69) is 5.32 Å². The van der Waals surface area contributed by atoms with Gasteiger partial charge in [0.15, 0.2) is 0 Å². The molecule has 6 nitrogen and oxygen atoms in total. The summed E-state index contributed by atoms with van der Waals surface area (Å²) in [7, 11) is 1.50. The van der Waals surface area contributed by atoms with Crippen LogP contribution in [-0.2, 0) is 11.4 Å². The number of anilines is 1. The second-order valence-electron chi connectivity index (χ2n) is 6.99. The first kappa shape index (κ1) is 22.4. The van der Waals surface area contributed by atoms with Crippen molar-refractivity contribution in [3.63, 3.8) is 0 Å². The number of aliphatic hydroxyl groups excluding tert-OH is 1. The van der Waals surface area contributed by atoms with Crippen LogP contribution in [0.1, 0.15) is 11.5 Å². The lowest BCUT2D eigenvalue weighted by molar-refractivity contribution is -0.111. The minimum atomic E-state index is -0.510. The Kier molecular flexibility index (Phi) is 6.63. The van der Waals surface area contributed by atoms with E-state index in [1.807, 2.05) is 0 Å². The molecule has 0 radical (unpaired) electrons. The Morgan fingerprint density at radius 2 is 1.79 bits per heavy atom. The molecule has 33 heavy (non-hydrogen) atoms. The van der Waals surface area contributed by atoms with Crippen molar-refractivity contribution in [2.45, 2.75) is 6.61 Å². The van der Waals surface area contributed by atoms with Crippen molar-refractivity contribution in [1.82, 2.24) is 0 Å². The van der Waals surface area contributed by atoms with E-state index in [0.29, 0.717) is 45.6 Å². The van der Waals surface area contributed by atoms with Crippen molar-refractivity contribution >= 4 is 29.3 Å². The molecule has 0 atom stereocenters. The predicted molar refractivity (Wildman–Crippen MR) is 123 cm³/mol. The summed E-state index contributed by atoms with van der Waals surface area (Å²) in [6.07, 6.45) is 2.84. The average molecular weight is 468 g/mol. The first-order valence-electron chi connectivity index (χ1n) is 9.89. The summed E-state index contributed by atoms with van der Waals surface area (Å²) in [5.74, 6) is 1.49. The van der Waals surface area contributed by atoms with Crippen molar-refractivity contribution in [3.05, 3.63) is 89.1 Å². The first-order valence-corrected chi connectivity index (χ1v) is 10.3. The van der Waals surface area contributed by atoms with Gasteiger partial charge < -0.3 is 24.0 Å². The van der Waals surface area contributed by atoms with Crippen LogP contribution in [0.2, 0.25) is 5.02 Å². The number of amides is 1. The van der Waals surface area contributed by atoms with E-state index in [1.165, 1.54) is 31.4 Å². The number of hydrogen-bond donors (Lipinski definition) is 2. The maximum absolute atomic E-state index is 13.4. The van der Waals surface area contributed by atoms with E-state index < -0.39 is 11.7 Å². The molecule has 0 saturated carbocycles. The van der Waals surface area contributed by atoms with E-state index in [1.54, 1.807) is 48.5 Å². The molecule has 0 aliphatic heterocycles. The molecule has 0 saturated heterocycles. The van der Waals surface area contributed by atoms with Crippen LogP contribution in [0.3, 0.4) is 0 Å². The van der Waals surface area contributed by atoms with Gasteiger partial charge in [-0.1, -0.05) is 11.6 Å². The van der Waals surface area contributed by atoms with Gasteiger partial charge >= 0.3 is 0 Å². The molecular weight excluding hydrogens is 449 g/mol. The number of furan rings is 2. The second-order valence-corrected chi connectivity index (χ2v) is 7.40. The van der Waals surface area contributed by atoms with Gasteiger partial charge in [-0.25, -0.2) is 4.39 Å². The van der Waals surface area contributed by atoms with Gasteiger partial charge in [0, 0.05) is 17.2 Å². The van der Waals surface area contributed by atoms with Crippen LogP contribution in [0.15, 0.2) is 75.6 Å². The average Bonchev–Trinajstić information content (AvgIpc) is 3.49. The third-order valence-electron chi connectivity index (χ3n) is 4.79. The van der Waals surface area contributed by atoms with Crippen molar-refractivity contribution in [2.75, 3.05) is 12.4 Å². The fourth-order valence-corrected chi connectivity index (χ4v) is 3.34. The molecule has 2 aromatic heterocycles. The van der Waals surface area contributed by atoms with E-state index in [9.17, 15) is 14.3 Å². The molecule has 8 heteroatoms. The van der Waals surface area contributed by atoms with Crippen molar-refractivity contribution in [1.29, 1.82) is 0 Å². The van der Waals surface area contributed by atoms with Crippen LogP contribution in [0.4, 0.5) is 10.1 Å². The largest absolute Gasteiger partial charge is 0.495 e. The number of carbonyl (C=O) groups is 1. The van der Waals surface area contributed by atoms with Gasteiger partial charge in [0.2, 0.25) is 5.91 Å². The minimum Gasteiger partial charge on any atom is -0.495 e. The summed E-state index contributed by atoms with van der Waals surface area (Å²) in [4.78, 5) is 12.5. The third-order valence-corrected chi connectivity index (χ3v) is 5.08. The molecular formula is C25H19ClFNO5. The Morgan fingerprint density at radius 3 is 2.52 bits per heavy atom. The Balaban J connectivity index is 1.48. The minimum absolute atomic E-state index is 0.00122. The smallest absolute Gasteiger partial charge is 0.248 e. The lowest BCUT2D eigenvalue weighted by Crippen LogP contribution is -2.09. The Morgan fingerprint density at radius 1 is 1.06 bits per heavy atom. The molecule has 4 rings (SSSR count). The van der Waals surface area contributed by atoms with Gasteiger partial charge in [0.25, 0.3) is 0 Å². The molecule has 0 aliphatic carbocycles. The van der Waals surface area contributed by atoms with Gasteiger partial charge in [-0.15, -0.1) is 0 Å². The van der Waals surface area contributed by atoms with E-state index in [-0.39, 0.29) is 11.6 Å². The van der Waals surface area contributed by atoms with Gasteiger partial charge in [-0.2, -0.15) is 0 Å². The highest BCUT2D eigenvalue weighted by atomic mass is 35.5. The standard InChI is InChI=1S/C25H19ClFNO5/c1-31-24-8-3-16(23-10-5-18(14-29)33-23)13-21(24)28-25(30)11-6-17-4-9-22(32-17)15-2-7-20(27)19(26)12-15/h2-13,29H,14H2,1H3,(H,28,30)/b11-6+. The zero-order chi connectivity index (χ0) is 23.4. The molecule has 0 spiro atoms. The van der Waals surface area contributed by atoms with Crippen LogP contribution >= 0.6 is 11.6 Å². The number of halogens is 2. The van der Waals surface area contributed by atoms with Gasteiger partial charge in [-0.3, -0.25) is 4.79 Å². The molecule has 1 amide bonds. The summed E-state index contributed by atoms with van der Waals surface area (Å²) < 4.78 is 29.9. The number of carbonyl (C=O) groups excluding carboxylic acids is 1. The highest BCUT2D eigenvalue weighted by molar-refractivity contribution is 6.31. The monoisotopic (exact) mass is 467 g/mol. The summed E-state index contributed by atoms with van der Waals surface area (Å²) in [6.45, 7) is -0.201. The lowest BCUT2D eigenvalue weighted by Gasteiger charge is -2.10. The molecule has 0 unspecified atom stereocenters. The first-order chi connectivity index (χ1) is 16.0. The fourth-order valence-electron chi connectivity index (χ4n) is 3.16. The van der Waals surface area contributed by atoms with E-state index in [0.717, 1.165) is 0 Å². The number of rotatable bonds is 7. The van der Waals surface area contributed by atoms with Crippen LogP contribution in [0.25, 0.3) is 28.7 Å². The van der Waals surface area contributed by atoms with Crippen molar-refractivity contribution in [2.24, 2.45) is 0 Å². The number of ether oxygens (including phenoxy) is 1. The third kappa shape index (κ3) is 5.16. The highest BCUT2D eigenvalue weighted by Gasteiger charge is 2.11. The maximum atomic E-state index is 13.4. The van der Waals surface area contributed by atoms with Crippen LogP contribution in [0, 0.1) is 5.82 Å². The SMILES string of the molecule is COc1ccc(-c2ccc(CO)o2)cc1NC(=O)/C=C/c1ccc(-c2ccc(F)c(Cl)c2)o1. The topological polar surface area (TPSA) is 84.8 Å². The Labute approximate surface area is 193 Å². The number of hydrogen-bond acceptors (Lipinski definition) is 5. The molecule has 2 N–H and O–H groups in total. The van der Waals surface area contributed by atoms with E-state index in [4.69, 9.17) is 25.2 Å². The van der Waals surface area contributed by atoms with Crippen LogP contribution < -0.4 is 10.1 Å². The van der Waals surface area contributed by atoms with Crippen molar-refractivity contribution < 1.29 is 27.9 Å². The van der Waals surface area contributed by atoms with Crippen molar-refractivity contribution in [3.8, 4) is 28.4 Å². The molecule has 2 aromatic carbocycles. The second kappa shape index (κ2) is 9.77. The van der Waals surface area contributed by atoms with Gasteiger partial charge in [0.05, 0.1) is 17.8 Å². The number of nitrogens with one attached hydrogen (secondary N) is 1. The van der Waals surface area contributed by atoms with E-state index >= 15 is 0 Å². The summed E-state index contributed by atoms with van der Waals surface area (Å²) in [6, 6.07) is 16.3. The zero-order valence-corrected chi connectivity index (χ0v) is 18.2. The summed E-state index contributed by atoms with van der Waals surface area (Å²) in [5.41, 5.74) is 1.78. The predicted octanol–water partition coefficient (Wildman–Crippen LogP) is 6.15. The molecule has 0 bridgehead atoms. The summed E-state index contributed by atoms with van der Waals surface area (Å²) >= 11 is 5.82. The number of aliphatic hydroxyl groups is 1. The van der Waals surface area contributed by atoms with Gasteiger partial charge in [0.1, 0.15) is 41.2 Å². The Hall–Kier alpha value is -3.81. The quantitative estimate of drug-likeness (QED) is 0.318. The zero-order valence-electron chi connectivity index (χ0n) is 17.5. The van der Waals surface area contributed by atoms with Crippen LogP contribution in [-0.4, -0.2) is 18.1 Å². The fraction of sp³-hybridized carbons (Fsp3) is 0.0800. The molecule has 0 fully saturated rings. The van der Waals surface area contributed by atoms with Gasteiger partial charge in [-0.05, 0) is 66.7 Å². The maximum Gasteiger partial charge on any atom is 0.248 e. The molecule has 2 heterocycles. The molecule has 4 aromatic rings.